The molecule has 2 N–H and O–H groups in total. The van der Waals surface area contributed by atoms with E-state index in [2.05, 4.69) is 10.3 Å². The average molecular weight is 269 g/mol. The normalized spacial score (nSPS) is 14.4. The van der Waals surface area contributed by atoms with Crippen LogP contribution in [0.3, 0.4) is 0 Å². The van der Waals surface area contributed by atoms with Crippen molar-refractivity contribution < 1.29 is 14.7 Å². The van der Waals surface area contributed by atoms with Crippen molar-refractivity contribution in [3.8, 4) is 0 Å². The Morgan fingerprint density at radius 1 is 1.56 bits per heavy atom. The maximum absolute atomic E-state index is 11.5. The van der Waals surface area contributed by atoms with Gasteiger partial charge in [0.05, 0.1) is 5.75 Å². The molecule has 0 aliphatic heterocycles. The highest BCUT2D eigenvalue weighted by atomic mass is 32.2. The van der Waals surface area contributed by atoms with E-state index in [0.29, 0.717) is 24.2 Å². The Labute approximate surface area is 109 Å². The Bertz CT molecular complexity index is 442. The zero-order valence-electron chi connectivity index (χ0n) is 9.83. The molecule has 0 unspecified atom stereocenters. The standard InChI is InChI=1S/C11H15N3O3S/c15-9(13-8-1-2-8)3-5-14-6-4-12-11(14)18-7-10(16)17/h4,6,8H,1-3,5,7H2,(H,13,15)(H,16,17). The van der Waals surface area contributed by atoms with Crippen molar-refractivity contribution in [2.45, 2.75) is 37.0 Å². The van der Waals surface area contributed by atoms with Crippen LogP contribution in [0.2, 0.25) is 0 Å². The highest BCUT2D eigenvalue weighted by molar-refractivity contribution is 7.99. The van der Waals surface area contributed by atoms with Crippen molar-refractivity contribution in [1.29, 1.82) is 0 Å². The minimum atomic E-state index is -0.874. The van der Waals surface area contributed by atoms with Crippen molar-refractivity contribution in [1.82, 2.24) is 14.9 Å². The highest BCUT2D eigenvalue weighted by Crippen LogP contribution is 2.19. The number of nitrogens with zero attached hydrogens (tertiary/aromatic N) is 2. The van der Waals surface area contributed by atoms with Crippen molar-refractivity contribution >= 4 is 23.6 Å². The van der Waals surface area contributed by atoms with Gasteiger partial charge in [-0.15, -0.1) is 0 Å². The Kier molecular flexibility index (Phi) is 4.24. The predicted molar refractivity (Wildman–Crippen MR) is 66.4 cm³/mol. The van der Waals surface area contributed by atoms with E-state index < -0.39 is 5.97 Å². The molecule has 1 saturated carbocycles. The van der Waals surface area contributed by atoms with Crippen molar-refractivity contribution in [3.05, 3.63) is 12.4 Å². The molecule has 1 aliphatic carbocycles. The van der Waals surface area contributed by atoms with E-state index in [0.717, 1.165) is 24.6 Å². The summed E-state index contributed by atoms with van der Waals surface area (Å²) in [5, 5.41) is 12.2. The van der Waals surface area contributed by atoms with Crippen LogP contribution in [-0.4, -0.2) is 38.3 Å². The first-order chi connectivity index (χ1) is 8.65. The number of thioether (sulfide) groups is 1. The number of aryl methyl sites for hydroxylation is 1. The molecule has 2 rings (SSSR count). The lowest BCUT2D eigenvalue weighted by atomic mass is 10.4. The zero-order valence-corrected chi connectivity index (χ0v) is 10.7. The summed E-state index contributed by atoms with van der Waals surface area (Å²) >= 11 is 1.16. The van der Waals surface area contributed by atoms with Crippen LogP contribution in [-0.2, 0) is 16.1 Å². The second-order valence-electron chi connectivity index (χ2n) is 4.18. The van der Waals surface area contributed by atoms with Crippen LogP contribution in [0.1, 0.15) is 19.3 Å². The molecular weight excluding hydrogens is 254 g/mol. The van der Waals surface area contributed by atoms with Gasteiger partial charge >= 0.3 is 5.97 Å². The van der Waals surface area contributed by atoms with Gasteiger partial charge in [-0.25, -0.2) is 4.98 Å². The lowest BCUT2D eigenvalue weighted by Crippen LogP contribution is -2.26. The van der Waals surface area contributed by atoms with E-state index in [1.165, 1.54) is 0 Å². The first-order valence-corrected chi connectivity index (χ1v) is 6.79. The average Bonchev–Trinajstić information content (AvgIpc) is 3.01. The molecule has 0 spiro atoms. The summed E-state index contributed by atoms with van der Waals surface area (Å²) in [5.74, 6) is -0.855. The minimum absolute atomic E-state index is 0.0225. The lowest BCUT2D eigenvalue weighted by Gasteiger charge is -2.07. The number of hydrogen-bond acceptors (Lipinski definition) is 4. The molecule has 0 aromatic carbocycles. The molecule has 0 bridgehead atoms. The van der Waals surface area contributed by atoms with E-state index >= 15 is 0 Å². The van der Waals surface area contributed by atoms with Crippen LogP contribution in [0, 0.1) is 0 Å². The summed E-state index contributed by atoms with van der Waals surface area (Å²) in [6.07, 6.45) is 5.93. The fraction of sp³-hybridized carbons (Fsp3) is 0.545. The molecule has 0 saturated heterocycles. The van der Waals surface area contributed by atoms with Gasteiger partial charge in [0.1, 0.15) is 0 Å². The number of carbonyl (C=O) groups is 2. The summed E-state index contributed by atoms with van der Waals surface area (Å²) in [5.41, 5.74) is 0. The fourth-order valence-corrected chi connectivity index (χ4v) is 2.19. The number of amides is 1. The van der Waals surface area contributed by atoms with E-state index in [1.54, 1.807) is 17.0 Å². The summed E-state index contributed by atoms with van der Waals surface area (Å²) in [6.45, 7) is 0.528. The van der Waals surface area contributed by atoms with Crippen molar-refractivity contribution in [2.24, 2.45) is 0 Å². The summed E-state index contributed by atoms with van der Waals surface area (Å²) in [6, 6.07) is 0.376. The molecule has 1 amide bonds. The van der Waals surface area contributed by atoms with E-state index in [9.17, 15) is 9.59 Å². The second kappa shape index (κ2) is 5.90. The smallest absolute Gasteiger partial charge is 0.313 e. The van der Waals surface area contributed by atoms with Gasteiger partial charge in [0.25, 0.3) is 0 Å². The molecule has 0 atom stereocenters. The third-order valence-corrected chi connectivity index (χ3v) is 3.51. The van der Waals surface area contributed by atoms with Crippen LogP contribution < -0.4 is 5.32 Å². The van der Waals surface area contributed by atoms with Gasteiger partial charge in [-0.1, -0.05) is 11.8 Å². The molecule has 7 heteroatoms. The molecule has 0 radical (unpaired) electrons. The molecule has 1 aromatic rings. The Hall–Kier alpha value is -1.50. The maximum atomic E-state index is 11.5. The highest BCUT2D eigenvalue weighted by Gasteiger charge is 2.22. The quantitative estimate of drug-likeness (QED) is 0.713. The Morgan fingerprint density at radius 2 is 2.33 bits per heavy atom. The van der Waals surface area contributed by atoms with Crippen LogP contribution >= 0.6 is 11.8 Å². The number of carboxylic acids is 1. The summed E-state index contributed by atoms with van der Waals surface area (Å²) in [4.78, 5) is 26.1. The summed E-state index contributed by atoms with van der Waals surface area (Å²) < 4.78 is 1.81. The number of aliphatic carboxylic acids is 1. The third-order valence-electron chi connectivity index (χ3n) is 2.52. The zero-order chi connectivity index (χ0) is 13.0. The molecular formula is C11H15N3O3S. The Balaban J connectivity index is 1.78. The monoisotopic (exact) mass is 269 g/mol. The number of carbonyl (C=O) groups excluding carboxylic acids is 1. The van der Waals surface area contributed by atoms with Gasteiger partial charge in [0.15, 0.2) is 5.16 Å². The predicted octanol–water partition coefficient (Wildman–Crippen LogP) is 0.728. The number of carboxylic acid groups (broad SMARTS) is 1. The van der Waals surface area contributed by atoms with E-state index in [4.69, 9.17) is 5.11 Å². The molecule has 1 aromatic heterocycles. The van der Waals surface area contributed by atoms with Gasteiger partial charge in [0.2, 0.25) is 5.91 Å². The van der Waals surface area contributed by atoms with Gasteiger partial charge in [0, 0.05) is 31.4 Å². The molecule has 6 nitrogen and oxygen atoms in total. The van der Waals surface area contributed by atoms with Crippen molar-refractivity contribution in [3.63, 3.8) is 0 Å². The van der Waals surface area contributed by atoms with Gasteiger partial charge in [-0.05, 0) is 12.8 Å². The number of hydrogen-bond donors (Lipinski definition) is 2. The molecule has 18 heavy (non-hydrogen) atoms. The summed E-state index contributed by atoms with van der Waals surface area (Å²) in [7, 11) is 0. The first kappa shape index (κ1) is 12.9. The minimum Gasteiger partial charge on any atom is -0.481 e. The van der Waals surface area contributed by atoms with Gasteiger partial charge in [-0.2, -0.15) is 0 Å². The number of aromatic nitrogens is 2. The Morgan fingerprint density at radius 3 is 3.00 bits per heavy atom. The van der Waals surface area contributed by atoms with Crippen LogP contribution in [0.25, 0.3) is 0 Å². The van der Waals surface area contributed by atoms with Gasteiger partial charge < -0.3 is 15.0 Å². The number of nitrogens with one attached hydrogen (secondary N) is 1. The fourth-order valence-electron chi connectivity index (χ4n) is 1.48. The first-order valence-electron chi connectivity index (χ1n) is 5.80. The second-order valence-corrected chi connectivity index (χ2v) is 5.12. The third kappa shape index (κ3) is 4.06. The van der Waals surface area contributed by atoms with Crippen LogP contribution in [0.15, 0.2) is 17.6 Å². The van der Waals surface area contributed by atoms with Crippen LogP contribution in [0.5, 0.6) is 0 Å². The SMILES string of the molecule is O=C(O)CSc1nccn1CCC(=O)NC1CC1. The van der Waals surface area contributed by atoms with Gasteiger partial charge in [-0.3, -0.25) is 9.59 Å². The molecule has 1 fully saturated rings. The van der Waals surface area contributed by atoms with Crippen molar-refractivity contribution in [2.75, 3.05) is 5.75 Å². The maximum Gasteiger partial charge on any atom is 0.313 e. The van der Waals surface area contributed by atoms with E-state index in [-0.39, 0.29) is 11.7 Å². The largest absolute Gasteiger partial charge is 0.481 e. The topological polar surface area (TPSA) is 84.2 Å². The van der Waals surface area contributed by atoms with Crippen LogP contribution in [0.4, 0.5) is 0 Å². The molecule has 98 valence electrons. The number of rotatable bonds is 7. The van der Waals surface area contributed by atoms with E-state index in [1.807, 2.05) is 0 Å². The molecule has 1 heterocycles. The lowest BCUT2D eigenvalue weighted by molar-refractivity contribution is -0.134. The molecule has 1 aliphatic rings. The number of imidazole rings is 1.